The van der Waals surface area contributed by atoms with Gasteiger partial charge >= 0.3 is 0 Å². The molecule has 1 fully saturated rings. The Balaban J connectivity index is 1.76. The molecular formula is C15H16N4O2. The third kappa shape index (κ3) is 2.94. The van der Waals surface area contributed by atoms with Gasteiger partial charge < -0.3 is 10.6 Å². The second-order valence-corrected chi connectivity index (χ2v) is 5.00. The summed E-state index contributed by atoms with van der Waals surface area (Å²) in [6, 6.07) is 9.33. The summed E-state index contributed by atoms with van der Waals surface area (Å²) in [7, 11) is 0. The second-order valence-electron chi connectivity index (χ2n) is 5.00. The molecule has 2 heterocycles. The monoisotopic (exact) mass is 284 g/mol. The smallest absolute Gasteiger partial charge is 0.229 e. The van der Waals surface area contributed by atoms with Crippen molar-refractivity contribution in [3.8, 4) is 5.69 Å². The quantitative estimate of drug-likeness (QED) is 0.893. The summed E-state index contributed by atoms with van der Waals surface area (Å²) in [5.41, 5.74) is 1.53. The minimum atomic E-state index is -0.187. The topological polar surface area (TPSA) is 76.0 Å². The number of benzene rings is 1. The fourth-order valence-electron chi connectivity index (χ4n) is 2.38. The summed E-state index contributed by atoms with van der Waals surface area (Å²) in [6.45, 7) is 0.397. The number of carbonyl (C=O) groups excluding carboxylic acids is 2. The van der Waals surface area contributed by atoms with Crippen LogP contribution in [-0.2, 0) is 9.59 Å². The van der Waals surface area contributed by atoms with Gasteiger partial charge in [-0.25, -0.2) is 4.68 Å². The van der Waals surface area contributed by atoms with Crippen molar-refractivity contribution >= 4 is 17.5 Å². The molecule has 21 heavy (non-hydrogen) atoms. The molecule has 2 amide bonds. The van der Waals surface area contributed by atoms with Crippen LogP contribution in [0.2, 0.25) is 0 Å². The van der Waals surface area contributed by atoms with Crippen LogP contribution in [0, 0.1) is 5.92 Å². The molecule has 1 aliphatic rings. The lowest BCUT2D eigenvalue weighted by molar-refractivity contribution is -0.126. The highest BCUT2D eigenvalue weighted by Gasteiger charge is 2.24. The zero-order valence-corrected chi connectivity index (χ0v) is 11.5. The van der Waals surface area contributed by atoms with Gasteiger partial charge in [-0.2, -0.15) is 5.10 Å². The van der Waals surface area contributed by atoms with Gasteiger partial charge in [0.2, 0.25) is 11.8 Å². The van der Waals surface area contributed by atoms with Gasteiger partial charge in [0.25, 0.3) is 0 Å². The van der Waals surface area contributed by atoms with Gasteiger partial charge in [-0.1, -0.05) is 12.1 Å². The number of para-hydroxylation sites is 2. The summed E-state index contributed by atoms with van der Waals surface area (Å²) < 4.78 is 1.71. The molecule has 1 unspecified atom stereocenters. The number of piperidine rings is 1. The molecule has 6 heteroatoms. The van der Waals surface area contributed by atoms with Crippen LogP contribution in [0.1, 0.15) is 12.8 Å². The molecule has 0 bridgehead atoms. The van der Waals surface area contributed by atoms with E-state index in [1.54, 1.807) is 10.9 Å². The molecule has 6 nitrogen and oxygen atoms in total. The van der Waals surface area contributed by atoms with Gasteiger partial charge in [0.05, 0.1) is 17.3 Å². The fourth-order valence-corrected chi connectivity index (χ4v) is 2.38. The van der Waals surface area contributed by atoms with Crippen molar-refractivity contribution in [1.82, 2.24) is 15.1 Å². The third-order valence-corrected chi connectivity index (χ3v) is 3.55. The zero-order chi connectivity index (χ0) is 14.7. The molecule has 1 atom stereocenters. The van der Waals surface area contributed by atoms with E-state index >= 15 is 0 Å². The minimum absolute atomic E-state index is 0.0102. The van der Waals surface area contributed by atoms with Crippen LogP contribution in [0.5, 0.6) is 0 Å². The fraction of sp³-hybridized carbons (Fsp3) is 0.267. The molecule has 108 valence electrons. The number of nitrogens with zero attached hydrogens (tertiary/aromatic N) is 2. The van der Waals surface area contributed by atoms with Crippen molar-refractivity contribution in [3.63, 3.8) is 0 Å². The number of nitrogens with one attached hydrogen (secondary N) is 2. The molecule has 0 spiro atoms. The van der Waals surface area contributed by atoms with Crippen LogP contribution >= 0.6 is 0 Å². The average Bonchev–Trinajstić information content (AvgIpc) is 3.02. The Bertz CT molecular complexity index is 641. The molecule has 0 saturated carbocycles. The SMILES string of the molecule is O=C1CCC(C(=O)Nc2ccccc2-n2cccn2)CN1. The number of anilines is 1. The normalized spacial score (nSPS) is 18.1. The predicted molar refractivity (Wildman–Crippen MR) is 77.9 cm³/mol. The van der Waals surface area contributed by atoms with E-state index in [0.717, 1.165) is 5.69 Å². The van der Waals surface area contributed by atoms with E-state index in [1.165, 1.54) is 0 Å². The Morgan fingerprint density at radius 3 is 2.90 bits per heavy atom. The van der Waals surface area contributed by atoms with Gasteiger partial charge in [0.15, 0.2) is 0 Å². The van der Waals surface area contributed by atoms with Crippen LogP contribution in [0.25, 0.3) is 5.69 Å². The second kappa shape index (κ2) is 5.78. The zero-order valence-electron chi connectivity index (χ0n) is 11.5. The van der Waals surface area contributed by atoms with Crippen LogP contribution in [-0.4, -0.2) is 28.1 Å². The van der Waals surface area contributed by atoms with Gasteiger partial charge in [0.1, 0.15) is 0 Å². The van der Waals surface area contributed by atoms with E-state index in [2.05, 4.69) is 15.7 Å². The Labute approximate surface area is 122 Å². The van der Waals surface area contributed by atoms with E-state index < -0.39 is 0 Å². The number of rotatable bonds is 3. The van der Waals surface area contributed by atoms with Crippen molar-refractivity contribution < 1.29 is 9.59 Å². The van der Waals surface area contributed by atoms with E-state index in [4.69, 9.17) is 0 Å². The third-order valence-electron chi connectivity index (χ3n) is 3.55. The van der Waals surface area contributed by atoms with Crippen LogP contribution in [0.15, 0.2) is 42.7 Å². The minimum Gasteiger partial charge on any atom is -0.355 e. The highest BCUT2D eigenvalue weighted by atomic mass is 16.2. The number of hydrogen-bond acceptors (Lipinski definition) is 3. The Kier molecular flexibility index (Phi) is 3.68. The lowest BCUT2D eigenvalue weighted by Crippen LogP contribution is -2.40. The van der Waals surface area contributed by atoms with Crippen molar-refractivity contribution in [2.75, 3.05) is 11.9 Å². The number of aromatic nitrogens is 2. The lowest BCUT2D eigenvalue weighted by Gasteiger charge is -2.22. The van der Waals surface area contributed by atoms with Crippen molar-refractivity contribution in [1.29, 1.82) is 0 Å². The first-order valence-electron chi connectivity index (χ1n) is 6.90. The van der Waals surface area contributed by atoms with Gasteiger partial charge in [-0.15, -0.1) is 0 Å². The maximum Gasteiger partial charge on any atom is 0.229 e. The summed E-state index contributed by atoms with van der Waals surface area (Å²) in [5.74, 6) is -0.251. The summed E-state index contributed by atoms with van der Waals surface area (Å²) >= 11 is 0. The standard InChI is InChI=1S/C15H16N4O2/c20-14-7-6-11(10-16-14)15(21)18-12-4-1-2-5-13(12)19-9-3-8-17-19/h1-5,8-9,11H,6-7,10H2,(H,16,20)(H,18,21). The first-order chi connectivity index (χ1) is 10.2. The highest BCUT2D eigenvalue weighted by Crippen LogP contribution is 2.21. The van der Waals surface area contributed by atoms with E-state index in [-0.39, 0.29) is 17.7 Å². The van der Waals surface area contributed by atoms with Crippen LogP contribution < -0.4 is 10.6 Å². The largest absolute Gasteiger partial charge is 0.355 e. The molecule has 2 N–H and O–H groups in total. The maximum atomic E-state index is 12.3. The van der Waals surface area contributed by atoms with Crippen LogP contribution in [0.4, 0.5) is 5.69 Å². The Morgan fingerprint density at radius 2 is 2.19 bits per heavy atom. The summed E-state index contributed by atoms with van der Waals surface area (Å²) in [5, 5.41) is 9.84. The molecule has 3 rings (SSSR count). The maximum absolute atomic E-state index is 12.3. The van der Waals surface area contributed by atoms with Gasteiger partial charge in [-0.3, -0.25) is 9.59 Å². The van der Waals surface area contributed by atoms with Crippen molar-refractivity contribution in [3.05, 3.63) is 42.7 Å². The van der Waals surface area contributed by atoms with Crippen LogP contribution in [0.3, 0.4) is 0 Å². The van der Waals surface area contributed by atoms with E-state index in [9.17, 15) is 9.59 Å². The molecule has 1 aliphatic heterocycles. The predicted octanol–water partition coefficient (Wildman–Crippen LogP) is 1.34. The number of hydrogen-bond donors (Lipinski definition) is 2. The lowest BCUT2D eigenvalue weighted by atomic mass is 9.98. The molecule has 1 aromatic heterocycles. The molecule has 1 saturated heterocycles. The molecule has 0 aliphatic carbocycles. The first kappa shape index (κ1) is 13.4. The highest BCUT2D eigenvalue weighted by molar-refractivity contribution is 5.95. The molecular weight excluding hydrogens is 268 g/mol. The summed E-state index contributed by atoms with van der Waals surface area (Å²) in [6.07, 6.45) is 4.50. The van der Waals surface area contributed by atoms with Gasteiger partial charge in [0, 0.05) is 25.4 Å². The Hall–Kier alpha value is -2.63. The van der Waals surface area contributed by atoms with E-state index in [1.807, 2.05) is 36.5 Å². The molecule has 2 aromatic rings. The Morgan fingerprint density at radius 1 is 1.33 bits per heavy atom. The van der Waals surface area contributed by atoms with Crippen molar-refractivity contribution in [2.24, 2.45) is 5.92 Å². The number of amides is 2. The average molecular weight is 284 g/mol. The summed E-state index contributed by atoms with van der Waals surface area (Å²) in [4.78, 5) is 23.4. The van der Waals surface area contributed by atoms with E-state index in [0.29, 0.717) is 25.1 Å². The molecule has 0 radical (unpaired) electrons. The van der Waals surface area contributed by atoms with Crippen molar-refractivity contribution in [2.45, 2.75) is 12.8 Å². The molecule has 1 aromatic carbocycles. The first-order valence-corrected chi connectivity index (χ1v) is 6.90. The van der Waals surface area contributed by atoms with Gasteiger partial charge in [-0.05, 0) is 24.6 Å². The number of carbonyl (C=O) groups is 2.